The van der Waals surface area contributed by atoms with Crippen LogP contribution in [0.1, 0.15) is 27.2 Å². The summed E-state index contributed by atoms with van der Waals surface area (Å²) in [5, 5.41) is 0. The third-order valence-corrected chi connectivity index (χ3v) is 2.67. The fourth-order valence-corrected chi connectivity index (χ4v) is 1.66. The summed E-state index contributed by atoms with van der Waals surface area (Å²) in [6, 6.07) is 0. The van der Waals surface area contributed by atoms with Gasteiger partial charge < -0.3 is 9.47 Å². The molecule has 0 aromatic heterocycles. The summed E-state index contributed by atoms with van der Waals surface area (Å²) < 4.78 is 20.4. The fraction of sp³-hybridized carbons (Fsp3) is 0.647. The summed E-state index contributed by atoms with van der Waals surface area (Å²) in [6.07, 6.45) is 9.36. The molecule has 1 rings (SSSR count). The molecule has 0 spiro atoms. The molecule has 0 unspecified atom stereocenters. The van der Waals surface area contributed by atoms with Gasteiger partial charge in [-0.15, -0.1) is 0 Å². The number of methoxy groups -OCH3 is 1. The van der Waals surface area contributed by atoms with Gasteiger partial charge in [0.1, 0.15) is 0 Å². The van der Waals surface area contributed by atoms with Crippen LogP contribution in [0.25, 0.3) is 0 Å². The average molecular weight is 317 g/mol. The molecular weight excluding hydrogens is 285 g/mol. The maximum Gasteiger partial charge on any atom is 0.0993 e. The minimum Gasteiger partial charge on any atom is -0.501 e. The number of likely N-dealkylation sites (N-methyl/N-ethyl adjacent to an activating group) is 1. The van der Waals surface area contributed by atoms with E-state index in [4.69, 9.17) is 9.47 Å². The maximum absolute atomic E-state index is 9.79. The molecule has 0 saturated carbocycles. The Morgan fingerprint density at radius 2 is 1.86 bits per heavy atom. The maximum atomic E-state index is 9.79. The fourth-order valence-electron chi connectivity index (χ4n) is 1.66. The van der Waals surface area contributed by atoms with E-state index in [9.17, 15) is 4.53 Å². The van der Waals surface area contributed by atoms with Crippen LogP contribution < -0.4 is 0 Å². The molecule has 0 atom stereocenters. The Labute approximate surface area is 135 Å². The molecule has 0 fully saturated rings. The van der Waals surface area contributed by atoms with Gasteiger partial charge in [0.25, 0.3) is 0 Å². The Balaban J connectivity index is 0. The van der Waals surface area contributed by atoms with Crippen LogP contribution in [0.4, 0.5) is 4.53 Å². The lowest BCUT2D eigenvalue weighted by atomic mass is 10.2. The number of hydrogen-bond acceptors (Lipinski definition) is 4. The van der Waals surface area contributed by atoms with Crippen LogP contribution in [-0.2, 0) is 14.4 Å². The second-order valence-electron chi connectivity index (χ2n) is 4.27. The largest absolute Gasteiger partial charge is 0.501 e. The standard InChI is InChI=1S/C14H23NO2.C2H6.CH3FO/c1-4-17-11-10-15(2)12-13-6-5-7-14(16-3)9-8-13;1-2;1-3-2/h5-6,8-9H,4,7,10-12H2,1-3H3;1-2H3;1H3. The van der Waals surface area contributed by atoms with E-state index >= 15 is 0 Å². The predicted molar refractivity (Wildman–Crippen MR) is 90.4 cm³/mol. The Bertz CT molecular complexity index is 328. The first-order chi connectivity index (χ1) is 10.7. The van der Waals surface area contributed by atoms with E-state index in [1.165, 1.54) is 5.57 Å². The normalized spacial score (nSPS) is 13.1. The molecule has 0 heterocycles. The van der Waals surface area contributed by atoms with E-state index < -0.39 is 0 Å². The van der Waals surface area contributed by atoms with E-state index in [2.05, 4.69) is 35.1 Å². The molecule has 130 valence electrons. The number of halogens is 1. The topological polar surface area (TPSA) is 30.9 Å². The molecule has 0 aromatic rings. The molecule has 0 N–H and O–H groups in total. The predicted octanol–water partition coefficient (Wildman–Crippen LogP) is 3.91. The second-order valence-corrected chi connectivity index (χ2v) is 4.27. The monoisotopic (exact) mass is 317 g/mol. The van der Waals surface area contributed by atoms with Crippen LogP contribution in [0, 0.1) is 0 Å². The Hall–Kier alpha value is -1.17. The Kier molecular flexibility index (Phi) is 18.8. The number of rotatable bonds is 7. The van der Waals surface area contributed by atoms with E-state index in [0.29, 0.717) is 0 Å². The average Bonchev–Trinajstić information content (AvgIpc) is 2.75. The van der Waals surface area contributed by atoms with Crippen molar-refractivity contribution in [3.05, 3.63) is 35.6 Å². The zero-order valence-electron chi connectivity index (χ0n) is 14.9. The summed E-state index contributed by atoms with van der Waals surface area (Å²) >= 11 is 0. The van der Waals surface area contributed by atoms with Gasteiger partial charge in [0.15, 0.2) is 0 Å². The zero-order valence-corrected chi connectivity index (χ0v) is 14.9. The van der Waals surface area contributed by atoms with Crippen molar-refractivity contribution in [2.24, 2.45) is 0 Å². The van der Waals surface area contributed by atoms with Crippen LogP contribution in [0.2, 0.25) is 0 Å². The highest BCUT2D eigenvalue weighted by Gasteiger charge is 2.03. The molecule has 0 saturated heterocycles. The first kappa shape index (κ1) is 23.1. The third kappa shape index (κ3) is 13.8. The minimum absolute atomic E-state index is 0.788. The summed E-state index contributed by atoms with van der Waals surface area (Å²) in [5.74, 6) is 1.01. The van der Waals surface area contributed by atoms with Crippen molar-refractivity contribution in [3.8, 4) is 0 Å². The van der Waals surface area contributed by atoms with Crippen LogP contribution in [-0.4, -0.2) is 52.5 Å². The highest BCUT2D eigenvalue weighted by atomic mass is 19.3. The van der Waals surface area contributed by atoms with E-state index in [1.54, 1.807) is 7.11 Å². The Morgan fingerprint density at radius 3 is 2.41 bits per heavy atom. The summed E-state index contributed by atoms with van der Waals surface area (Å²) in [6.45, 7) is 9.50. The highest BCUT2D eigenvalue weighted by Crippen LogP contribution is 2.12. The molecule has 1 aliphatic carbocycles. The smallest absolute Gasteiger partial charge is 0.0993 e. The summed E-state index contributed by atoms with van der Waals surface area (Å²) in [4.78, 5) is 5.01. The van der Waals surface area contributed by atoms with Crippen molar-refractivity contribution in [2.45, 2.75) is 27.2 Å². The van der Waals surface area contributed by atoms with Gasteiger partial charge in [-0.25, -0.2) is 0 Å². The van der Waals surface area contributed by atoms with Crippen molar-refractivity contribution >= 4 is 0 Å². The van der Waals surface area contributed by atoms with Crippen LogP contribution in [0.3, 0.4) is 0 Å². The van der Waals surface area contributed by atoms with Gasteiger partial charge in [0.2, 0.25) is 0 Å². The molecule has 0 aromatic carbocycles. The van der Waals surface area contributed by atoms with Crippen molar-refractivity contribution in [1.29, 1.82) is 0 Å². The highest BCUT2D eigenvalue weighted by molar-refractivity contribution is 5.30. The van der Waals surface area contributed by atoms with Gasteiger partial charge in [-0.3, -0.25) is 4.90 Å². The minimum atomic E-state index is 0.788. The van der Waals surface area contributed by atoms with E-state index in [1.807, 2.05) is 26.8 Å². The van der Waals surface area contributed by atoms with Crippen molar-refractivity contribution in [2.75, 3.05) is 47.6 Å². The lowest BCUT2D eigenvalue weighted by molar-refractivity contribution is -0.0960. The summed E-state index contributed by atoms with van der Waals surface area (Å²) in [7, 11) is 4.78. The molecule has 0 amide bonds. The van der Waals surface area contributed by atoms with Gasteiger partial charge in [-0.1, -0.05) is 32.1 Å². The molecule has 1 aliphatic rings. The number of allylic oxidation sites excluding steroid dienone is 3. The lowest BCUT2D eigenvalue weighted by Crippen LogP contribution is -2.25. The van der Waals surface area contributed by atoms with Gasteiger partial charge in [-0.2, -0.15) is 4.94 Å². The van der Waals surface area contributed by atoms with Crippen LogP contribution in [0.15, 0.2) is 35.6 Å². The molecular formula is C17H32FNO3. The van der Waals surface area contributed by atoms with Gasteiger partial charge in [-0.05, 0) is 30.1 Å². The van der Waals surface area contributed by atoms with Crippen LogP contribution >= 0.6 is 0 Å². The van der Waals surface area contributed by atoms with Crippen LogP contribution in [0.5, 0.6) is 0 Å². The molecule has 0 bridgehead atoms. The molecule has 0 radical (unpaired) electrons. The SMILES string of the molecule is CC.CCOCCN(C)CC1=CC=C(OC)CC=C1.COF. The third-order valence-electron chi connectivity index (χ3n) is 2.67. The summed E-state index contributed by atoms with van der Waals surface area (Å²) in [5.41, 5.74) is 1.30. The number of nitrogens with zero attached hydrogens (tertiary/aromatic N) is 1. The van der Waals surface area contributed by atoms with Crippen molar-refractivity contribution in [3.63, 3.8) is 0 Å². The van der Waals surface area contributed by atoms with E-state index in [0.717, 1.165) is 45.6 Å². The second kappa shape index (κ2) is 17.9. The number of ether oxygens (including phenoxy) is 2. The molecule has 0 aliphatic heterocycles. The molecule has 5 heteroatoms. The zero-order chi connectivity index (χ0) is 17.2. The quantitative estimate of drug-likeness (QED) is 0.666. The van der Waals surface area contributed by atoms with Gasteiger partial charge in [0, 0.05) is 26.1 Å². The first-order valence-electron chi connectivity index (χ1n) is 7.69. The van der Waals surface area contributed by atoms with Gasteiger partial charge in [0.05, 0.1) is 26.6 Å². The van der Waals surface area contributed by atoms with Crippen molar-refractivity contribution < 1.29 is 18.9 Å². The molecule has 4 nitrogen and oxygen atoms in total. The number of hydrogen-bond donors (Lipinski definition) is 0. The Morgan fingerprint density at radius 1 is 1.23 bits per heavy atom. The lowest BCUT2D eigenvalue weighted by Gasteiger charge is -2.16. The van der Waals surface area contributed by atoms with Gasteiger partial charge >= 0.3 is 0 Å². The molecule has 22 heavy (non-hydrogen) atoms. The van der Waals surface area contributed by atoms with Crippen molar-refractivity contribution in [1.82, 2.24) is 4.90 Å². The first-order valence-corrected chi connectivity index (χ1v) is 7.69. The van der Waals surface area contributed by atoms with E-state index in [-0.39, 0.29) is 0 Å².